The Morgan fingerprint density at radius 3 is 2.44 bits per heavy atom. The first-order valence-electron chi connectivity index (χ1n) is 6.16. The van der Waals surface area contributed by atoms with Crippen molar-refractivity contribution in [2.75, 3.05) is 13.1 Å². The van der Waals surface area contributed by atoms with Crippen LogP contribution in [0, 0.1) is 5.92 Å². The lowest BCUT2D eigenvalue weighted by Gasteiger charge is -2.24. The maximum atomic E-state index is 11.4. The van der Waals surface area contributed by atoms with Gasteiger partial charge in [0, 0.05) is 24.7 Å². The van der Waals surface area contributed by atoms with Crippen molar-refractivity contribution in [1.82, 2.24) is 4.90 Å². The molecule has 0 radical (unpaired) electrons. The van der Waals surface area contributed by atoms with Gasteiger partial charge in [-0.2, -0.15) is 0 Å². The van der Waals surface area contributed by atoms with E-state index in [-0.39, 0.29) is 11.7 Å². The predicted octanol–water partition coefficient (Wildman–Crippen LogP) is 3.40. The second kappa shape index (κ2) is 8.14. The molecule has 0 bridgehead atoms. The van der Waals surface area contributed by atoms with E-state index >= 15 is 0 Å². The molecule has 92 valence electrons. The third-order valence-corrected chi connectivity index (χ3v) is 2.53. The van der Waals surface area contributed by atoms with Crippen LogP contribution in [0.25, 0.3) is 0 Å². The van der Waals surface area contributed by atoms with Gasteiger partial charge in [0.1, 0.15) is 0 Å². The van der Waals surface area contributed by atoms with Gasteiger partial charge in [-0.05, 0) is 18.9 Å². The lowest BCUT2D eigenvalue weighted by molar-refractivity contribution is -0.117. The third kappa shape index (κ3) is 5.74. The molecule has 0 unspecified atom stereocenters. The molecule has 0 saturated heterocycles. The maximum Gasteiger partial charge on any atom is 0.157 e. The molecule has 0 aliphatic rings. The summed E-state index contributed by atoms with van der Waals surface area (Å²) >= 11 is 0. The first kappa shape index (κ1) is 14.9. The summed E-state index contributed by atoms with van der Waals surface area (Å²) in [4.78, 5) is 13.6. The van der Waals surface area contributed by atoms with Crippen molar-refractivity contribution in [3.8, 4) is 0 Å². The molecule has 0 aromatic rings. The minimum absolute atomic E-state index is 0.0882. The Kier molecular flexibility index (Phi) is 7.61. The van der Waals surface area contributed by atoms with Gasteiger partial charge in [-0.15, -0.1) is 0 Å². The smallest absolute Gasteiger partial charge is 0.157 e. The van der Waals surface area contributed by atoms with Crippen molar-refractivity contribution in [2.24, 2.45) is 5.92 Å². The number of hydrogen-bond acceptors (Lipinski definition) is 2. The summed E-state index contributed by atoms with van der Waals surface area (Å²) in [7, 11) is 0. The van der Waals surface area contributed by atoms with Crippen LogP contribution in [0.5, 0.6) is 0 Å². The Labute approximate surface area is 100 Å². The summed E-state index contributed by atoms with van der Waals surface area (Å²) < 4.78 is 0. The number of nitrogens with zero attached hydrogens (tertiary/aromatic N) is 1. The summed E-state index contributed by atoms with van der Waals surface area (Å²) in [6.07, 6.45) is 5.70. The summed E-state index contributed by atoms with van der Waals surface area (Å²) in [5, 5.41) is 0. The van der Waals surface area contributed by atoms with Gasteiger partial charge in [-0.25, -0.2) is 0 Å². The number of carbonyl (C=O) groups excluding carboxylic acids is 1. The average molecular weight is 223 g/mol. The van der Waals surface area contributed by atoms with Gasteiger partial charge in [-0.1, -0.05) is 40.3 Å². The summed E-state index contributed by atoms with van der Waals surface area (Å²) in [5.74, 6) is 0.281. The van der Waals surface area contributed by atoms with E-state index in [0.717, 1.165) is 31.6 Å². The number of ketones is 1. The van der Waals surface area contributed by atoms with Crippen molar-refractivity contribution in [3.05, 3.63) is 24.4 Å². The van der Waals surface area contributed by atoms with E-state index in [2.05, 4.69) is 25.3 Å². The number of allylic oxidation sites excluding steroid dienone is 2. The van der Waals surface area contributed by atoms with Crippen molar-refractivity contribution in [2.45, 2.75) is 40.5 Å². The highest BCUT2D eigenvalue weighted by Gasteiger charge is 2.04. The molecular formula is C14H25NO. The van der Waals surface area contributed by atoms with E-state index in [4.69, 9.17) is 0 Å². The molecule has 0 fully saturated rings. The van der Waals surface area contributed by atoms with Crippen LogP contribution in [0.15, 0.2) is 24.4 Å². The van der Waals surface area contributed by atoms with Crippen molar-refractivity contribution in [3.63, 3.8) is 0 Å². The number of carbonyl (C=O) groups is 1. The Bertz CT molecular complexity index is 253. The highest BCUT2D eigenvalue weighted by atomic mass is 16.1. The molecule has 0 atom stereocenters. The van der Waals surface area contributed by atoms with E-state index in [0.29, 0.717) is 0 Å². The maximum absolute atomic E-state index is 11.4. The average Bonchev–Trinajstić information content (AvgIpc) is 2.26. The van der Waals surface area contributed by atoms with Crippen molar-refractivity contribution in [1.29, 1.82) is 0 Å². The molecule has 0 aliphatic carbocycles. The van der Waals surface area contributed by atoms with Crippen LogP contribution in [-0.2, 0) is 4.79 Å². The van der Waals surface area contributed by atoms with Crippen LogP contribution < -0.4 is 0 Å². The third-order valence-electron chi connectivity index (χ3n) is 2.53. The molecule has 0 rings (SSSR count). The van der Waals surface area contributed by atoms with Gasteiger partial charge in [0.25, 0.3) is 0 Å². The van der Waals surface area contributed by atoms with E-state index < -0.39 is 0 Å². The molecule has 0 spiro atoms. The zero-order valence-corrected chi connectivity index (χ0v) is 11.1. The van der Waals surface area contributed by atoms with E-state index in [1.54, 1.807) is 6.08 Å². The molecule has 0 heterocycles. The van der Waals surface area contributed by atoms with Crippen LogP contribution in [0.1, 0.15) is 40.5 Å². The minimum atomic E-state index is 0.0882. The van der Waals surface area contributed by atoms with Gasteiger partial charge in [-0.3, -0.25) is 4.79 Å². The molecule has 0 aliphatic heterocycles. The zero-order chi connectivity index (χ0) is 12.6. The van der Waals surface area contributed by atoms with Gasteiger partial charge >= 0.3 is 0 Å². The van der Waals surface area contributed by atoms with E-state index in [1.807, 2.05) is 19.9 Å². The Hall–Kier alpha value is -1.05. The number of hydrogen-bond donors (Lipinski definition) is 0. The van der Waals surface area contributed by atoms with Crippen LogP contribution >= 0.6 is 0 Å². The van der Waals surface area contributed by atoms with E-state index in [1.165, 1.54) is 0 Å². The highest BCUT2D eigenvalue weighted by molar-refractivity contribution is 5.91. The van der Waals surface area contributed by atoms with Crippen LogP contribution in [-0.4, -0.2) is 23.8 Å². The van der Waals surface area contributed by atoms with Gasteiger partial charge in [0.05, 0.1) is 0 Å². The van der Waals surface area contributed by atoms with Crippen LogP contribution in [0.2, 0.25) is 0 Å². The summed E-state index contributed by atoms with van der Waals surface area (Å²) in [5.41, 5.74) is 1.14. The second-order valence-corrected chi connectivity index (χ2v) is 4.33. The van der Waals surface area contributed by atoms with Crippen molar-refractivity contribution >= 4 is 5.78 Å². The largest absolute Gasteiger partial charge is 0.372 e. The molecule has 0 aromatic carbocycles. The van der Waals surface area contributed by atoms with E-state index in [9.17, 15) is 4.79 Å². The lowest BCUT2D eigenvalue weighted by atomic mass is 10.1. The molecule has 16 heavy (non-hydrogen) atoms. The predicted molar refractivity (Wildman–Crippen MR) is 70.3 cm³/mol. The van der Waals surface area contributed by atoms with Crippen molar-refractivity contribution < 1.29 is 4.79 Å². The first-order valence-corrected chi connectivity index (χ1v) is 6.16. The standard InChI is InChI=1S/C14H25NO/c1-6-10-15(13(5)7-2)11-8-9-14(16)12(3)4/h8-9,12H,5-7,10-11H2,1-4H3/b9-8+. The highest BCUT2D eigenvalue weighted by Crippen LogP contribution is 2.07. The first-order chi connectivity index (χ1) is 7.52. The van der Waals surface area contributed by atoms with Gasteiger partial charge in [0.2, 0.25) is 0 Å². The second-order valence-electron chi connectivity index (χ2n) is 4.33. The zero-order valence-electron chi connectivity index (χ0n) is 11.1. The topological polar surface area (TPSA) is 20.3 Å². The fraction of sp³-hybridized carbons (Fsp3) is 0.643. The van der Waals surface area contributed by atoms with Crippen LogP contribution in [0.4, 0.5) is 0 Å². The lowest BCUT2D eigenvalue weighted by Crippen LogP contribution is -2.23. The Balaban J connectivity index is 4.21. The summed E-state index contributed by atoms with van der Waals surface area (Å²) in [6.45, 7) is 13.9. The fourth-order valence-corrected chi connectivity index (χ4v) is 1.36. The quantitative estimate of drug-likeness (QED) is 0.588. The molecule has 0 aromatic heterocycles. The molecule has 0 amide bonds. The molecular weight excluding hydrogens is 198 g/mol. The molecule has 2 nitrogen and oxygen atoms in total. The normalized spacial score (nSPS) is 11.1. The number of rotatable bonds is 8. The van der Waals surface area contributed by atoms with Gasteiger partial charge < -0.3 is 4.90 Å². The van der Waals surface area contributed by atoms with Crippen LogP contribution in [0.3, 0.4) is 0 Å². The SMILES string of the molecule is C=C(CC)N(C/C=C/C(=O)C(C)C)CCC. The monoisotopic (exact) mass is 223 g/mol. The molecule has 0 N–H and O–H groups in total. The molecule has 2 heteroatoms. The minimum Gasteiger partial charge on any atom is -0.372 e. The summed E-state index contributed by atoms with van der Waals surface area (Å²) in [6, 6.07) is 0. The Morgan fingerprint density at radius 1 is 1.38 bits per heavy atom. The molecule has 0 saturated carbocycles. The fourth-order valence-electron chi connectivity index (χ4n) is 1.36. The Morgan fingerprint density at radius 2 is 2.00 bits per heavy atom. The van der Waals surface area contributed by atoms with Gasteiger partial charge in [0.15, 0.2) is 5.78 Å².